The van der Waals surface area contributed by atoms with Crippen molar-refractivity contribution in [2.75, 3.05) is 19.8 Å². The van der Waals surface area contributed by atoms with Gasteiger partial charge < -0.3 is 10.1 Å². The summed E-state index contributed by atoms with van der Waals surface area (Å²) < 4.78 is 5.41. The van der Waals surface area contributed by atoms with Crippen LogP contribution in [0.1, 0.15) is 32.1 Å². The molecule has 2 fully saturated rings. The molecule has 0 aromatic heterocycles. The Morgan fingerprint density at radius 2 is 2.23 bits per heavy atom. The number of hydrogen-bond acceptors (Lipinski definition) is 3. The van der Waals surface area contributed by atoms with Gasteiger partial charge in [0, 0.05) is 38.1 Å². The fourth-order valence-electron chi connectivity index (χ4n) is 2.36. The summed E-state index contributed by atoms with van der Waals surface area (Å²) in [7, 11) is 0. The fourth-order valence-corrected chi connectivity index (χ4v) is 2.36. The van der Waals surface area contributed by atoms with Gasteiger partial charge in [-0.25, -0.2) is 0 Å². The molecule has 1 N–H and O–H groups in total. The molecule has 1 spiro atoms. The Hall–Kier alpha value is -0.410. The van der Waals surface area contributed by atoms with Crippen molar-refractivity contribution in [3.8, 4) is 0 Å². The van der Waals surface area contributed by atoms with E-state index < -0.39 is 0 Å². The van der Waals surface area contributed by atoms with E-state index in [0.717, 1.165) is 45.4 Å². The van der Waals surface area contributed by atoms with Gasteiger partial charge in [0.25, 0.3) is 0 Å². The van der Waals surface area contributed by atoms with Crippen LogP contribution in [0, 0.1) is 0 Å². The highest BCUT2D eigenvalue weighted by atomic mass is 16.5. The molecule has 0 aromatic rings. The maximum Gasteiger partial charge on any atom is 0.136 e. The largest absolute Gasteiger partial charge is 0.381 e. The molecule has 2 heterocycles. The number of hydrogen-bond donors (Lipinski definition) is 1. The molecule has 1 unspecified atom stereocenters. The van der Waals surface area contributed by atoms with Crippen molar-refractivity contribution in [2.24, 2.45) is 0 Å². The zero-order valence-electron chi connectivity index (χ0n) is 7.97. The first-order chi connectivity index (χ1) is 6.31. The van der Waals surface area contributed by atoms with Crippen molar-refractivity contribution >= 4 is 5.78 Å². The quantitative estimate of drug-likeness (QED) is 0.606. The number of ether oxygens (including phenoxy) is 1. The number of carbonyl (C=O) groups excluding carboxylic acids is 1. The molecule has 2 aliphatic heterocycles. The standard InChI is InChI=1S/C10H17NO2/c12-9-2-5-11-10(8-9)3-1-6-13-7-4-10/h11H,1-8H2. The zero-order chi connectivity index (χ0) is 9.15. The Labute approximate surface area is 78.8 Å². The second-order valence-corrected chi connectivity index (χ2v) is 4.14. The lowest BCUT2D eigenvalue weighted by Crippen LogP contribution is -2.51. The zero-order valence-corrected chi connectivity index (χ0v) is 7.97. The van der Waals surface area contributed by atoms with Crippen LogP contribution >= 0.6 is 0 Å². The predicted octanol–water partition coefficient (Wildman–Crippen LogP) is 0.878. The summed E-state index contributed by atoms with van der Waals surface area (Å²) in [6.45, 7) is 2.52. The summed E-state index contributed by atoms with van der Waals surface area (Å²) in [6, 6.07) is 0. The molecule has 0 radical (unpaired) electrons. The van der Waals surface area contributed by atoms with Crippen LogP contribution in [0.5, 0.6) is 0 Å². The molecule has 2 rings (SSSR count). The third kappa shape index (κ3) is 2.09. The van der Waals surface area contributed by atoms with Crippen LogP contribution in [0.15, 0.2) is 0 Å². The fraction of sp³-hybridized carbons (Fsp3) is 0.900. The lowest BCUT2D eigenvalue weighted by atomic mass is 9.82. The van der Waals surface area contributed by atoms with Gasteiger partial charge in [-0.05, 0) is 19.3 Å². The molecular weight excluding hydrogens is 166 g/mol. The molecule has 0 amide bonds. The first-order valence-electron chi connectivity index (χ1n) is 5.15. The van der Waals surface area contributed by atoms with Crippen molar-refractivity contribution in [2.45, 2.75) is 37.6 Å². The van der Waals surface area contributed by atoms with Crippen LogP contribution in [0.25, 0.3) is 0 Å². The summed E-state index contributed by atoms with van der Waals surface area (Å²) in [4.78, 5) is 11.4. The van der Waals surface area contributed by atoms with E-state index in [4.69, 9.17) is 4.74 Å². The first kappa shape index (κ1) is 9.16. The van der Waals surface area contributed by atoms with E-state index in [1.165, 1.54) is 0 Å². The maximum absolute atomic E-state index is 11.4. The molecular formula is C10H17NO2. The lowest BCUT2D eigenvalue weighted by molar-refractivity contribution is -0.122. The Bertz CT molecular complexity index is 195. The van der Waals surface area contributed by atoms with E-state index in [9.17, 15) is 4.79 Å². The van der Waals surface area contributed by atoms with Crippen molar-refractivity contribution in [3.05, 3.63) is 0 Å². The average molecular weight is 183 g/mol. The minimum atomic E-state index is 0.0891. The van der Waals surface area contributed by atoms with Crippen LogP contribution in [0.2, 0.25) is 0 Å². The molecule has 0 aliphatic carbocycles. The molecule has 0 aromatic carbocycles. The van der Waals surface area contributed by atoms with Gasteiger partial charge in [-0.15, -0.1) is 0 Å². The molecule has 0 saturated carbocycles. The number of piperidine rings is 1. The molecule has 1 atom stereocenters. The van der Waals surface area contributed by atoms with Crippen molar-refractivity contribution in [1.29, 1.82) is 0 Å². The van der Waals surface area contributed by atoms with Gasteiger partial charge in [0.2, 0.25) is 0 Å². The number of Topliss-reactive ketones (excluding diaryl/α,β-unsaturated/α-hetero) is 1. The van der Waals surface area contributed by atoms with Gasteiger partial charge in [-0.3, -0.25) is 4.79 Å². The minimum absolute atomic E-state index is 0.0891. The van der Waals surface area contributed by atoms with Gasteiger partial charge in [-0.1, -0.05) is 0 Å². The number of ketones is 1. The summed E-state index contributed by atoms with van der Waals surface area (Å²) in [5.41, 5.74) is 0.0891. The van der Waals surface area contributed by atoms with Crippen LogP contribution in [0.3, 0.4) is 0 Å². The predicted molar refractivity (Wildman–Crippen MR) is 49.6 cm³/mol. The second-order valence-electron chi connectivity index (χ2n) is 4.14. The first-order valence-corrected chi connectivity index (χ1v) is 5.15. The number of rotatable bonds is 0. The normalized spacial score (nSPS) is 36.2. The highest BCUT2D eigenvalue weighted by molar-refractivity contribution is 5.80. The van der Waals surface area contributed by atoms with Crippen molar-refractivity contribution in [1.82, 2.24) is 5.32 Å². The van der Waals surface area contributed by atoms with Gasteiger partial charge in [0.15, 0.2) is 0 Å². The second kappa shape index (κ2) is 3.76. The van der Waals surface area contributed by atoms with E-state index in [0.29, 0.717) is 12.2 Å². The Balaban J connectivity index is 2.02. The minimum Gasteiger partial charge on any atom is -0.381 e. The Kier molecular flexibility index (Phi) is 2.65. The molecule has 0 bridgehead atoms. The topological polar surface area (TPSA) is 38.3 Å². The smallest absolute Gasteiger partial charge is 0.136 e. The summed E-state index contributed by atoms with van der Waals surface area (Å²) in [6.07, 6.45) is 4.61. The van der Waals surface area contributed by atoms with Crippen LogP contribution in [0.4, 0.5) is 0 Å². The third-order valence-electron chi connectivity index (χ3n) is 3.11. The van der Waals surface area contributed by atoms with Crippen LogP contribution in [-0.2, 0) is 9.53 Å². The molecule has 3 heteroatoms. The monoisotopic (exact) mass is 183 g/mol. The van der Waals surface area contributed by atoms with Gasteiger partial charge in [-0.2, -0.15) is 0 Å². The van der Waals surface area contributed by atoms with Gasteiger partial charge in [0.05, 0.1) is 0 Å². The molecule has 3 nitrogen and oxygen atoms in total. The Morgan fingerprint density at radius 3 is 3.08 bits per heavy atom. The average Bonchev–Trinajstić information content (AvgIpc) is 2.31. The summed E-state index contributed by atoms with van der Waals surface area (Å²) >= 11 is 0. The van der Waals surface area contributed by atoms with Crippen LogP contribution in [-0.4, -0.2) is 31.1 Å². The van der Waals surface area contributed by atoms with E-state index in [1.807, 2.05) is 0 Å². The number of nitrogens with one attached hydrogen (secondary N) is 1. The molecule has 13 heavy (non-hydrogen) atoms. The maximum atomic E-state index is 11.4. The summed E-state index contributed by atoms with van der Waals surface area (Å²) in [5.74, 6) is 0.417. The van der Waals surface area contributed by atoms with Crippen molar-refractivity contribution in [3.63, 3.8) is 0 Å². The van der Waals surface area contributed by atoms with E-state index in [1.54, 1.807) is 0 Å². The molecule has 2 saturated heterocycles. The van der Waals surface area contributed by atoms with E-state index in [-0.39, 0.29) is 5.54 Å². The van der Waals surface area contributed by atoms with Crippen LogP contribution < -0.4 is 5.32 Å². The highest BCUT2D eigenvalue weighted by Crippen LogP contribution is 2.28. The third-order valence-corrected chi connectivity index (χ3v) is 3.11. The highest BCUT2D eigenvalue weighted by Gasteiger charge is 2.35. The Morgan fingerprint density at radius 1 is 1.31 bits per heavy atom. The van der Waals surface area contributed by atoms with Gasteiger partial charge >= 0.3 is 0 Å². The number of carbonyl (C=O) groups is 1. The van der Waals surface area contributed by atoms with Gasteiger partial charge in [0.1, 0.15) is 5.78 Å². The SMILES string of the molecule is O=C1CCNC2(CCCOCC2)C1. The van der Waals surface area contributed by atoms with Crippen molar-refractivity contribution < 1.29 is 9.53 Å². The molecule has 74 valence electrons. The van der Waals surface area contributed by atoms with E-state index in [2.05, 4.69) is 5.32 Å². The molecule has 2 aliphatic rings. The summed E-state index contributed by atoms with van der Waals surface area (Å²) in [5, 5.41) is 3.50. The lowest BCUT2D eigenvalue weighted by Gasteiger charge is -2.36. The van der Waals surface area contributed by atoms with E-state index >= 15 is 0 Å².